The third-order valence-corrected chi connectivity index (χ3v) is 3.38. The van der Waals surface area contributed by atoms with Crippen molar-refractivity contribution < 1.29 is 9.47 Å². The fourth-order valence-electron chi connectivity index (χ4n) is 2.24. The van der Waals surface area contributed by atoms with E-state index in [2.05, 4.69) is 24.8 Å². The summed E-state index contributed by atoms with van der Waals surface area (Å²) in [4.78, 5) is 2.36. The number of rotatable bonds is 4. The Bertz CT molecular complexity index is 456. The van der Waals surface area contributed by atoms with Crippen LogP contribution in [0.3, 0.4) is 0 Å². The molecule has 0 saturated carbocycles. The average Bonchev–Trinajstić information content (AvgIpc) is 2.43. The molecular weight excluding hydrogens is 240 g/mol. The lowest BCUT2D eigenvalue weighted by Crippen LogP contribution is -2.48. The molecule has 4 heteroatoms. The van der Waals surface area contributed by atoms with Gasteiger partial charge < -0.3 is 9.47 Å². The lowest BCUT2D eigenvalue weighted by molar-refractivity contribution is -0.0522. The van der Waals surface area contributed by atoms with Crippen LogP contribution in [0.4, 0.5) is 0 Å². The van der Waals surface area contributed by atoms with Gasteiger partial charge in [0, 0.05) is 19.1 Å². The summed E-state index contributed by atoms with van der Waals surface area (Å²) < 4.78 is 11.3. The first-order valence-electron chi connectivity index (χ1n) is 6.68. The van der Waals surface area contributed by atoms with E-state index in [1.54, 1.807) is 6.07 Å². The van der Waals surface area contributed by atoms with Gasteiger partial charge in [0.25, 0.3) is 0 Å². The van der Waals surface area contributed by atoms with Gasteiger partial charge in [0.2, 0.25) is 0 Å². The zero-order chi connectivity index (χ0) is 13.7. The molecule has 0 N–H and O–H groups in total. The van der Waals surface area contributed by atoms with Crippen molar-refractivity contribution in [2.45, 2.75) is 26.0 Å². The summed E-state index contributed by atoms with van der Waals surface area (Å²) in [5, 5.41) is 8.99. The lowest BCUT2D eigenvalue weighted by Gasteiger charge is -2.36. The van der Waals surface area contributed by atoms with Crippen LogP contribution in [0.1, 0.15) is 19.4 Å². The largest absolute Gasteiger partial charge is 0.491 e. The number of para-hydroxylation sites is 1. The number of nitriles is 1. The van der Waals surface area contributed by atoms with Crippen molar-refractivity contribution in [3.63, 3.8) is 0 Å². The number of hydrogen-bond donors (Lipinski definition) is 0. The normalized spacial score (nSPS) is 23.8. The van der Waals surface area contributed by atoms with E-state index in [9.17, 15) is 0 Å². The van der Waals surface area contributed by atoms with Crippen molar-refractivity contribution in [2.75, 3.05) is 26.3 Å². The molecule has 1 saturated heterocycles. The second-order valence-corrected chi connectivity index (χ2v) is 4.94. The van der Waals surface area contributed by atoms with E-state index >= 15 is 0 Å². The molecule has 1 aliphatic heterocycles. The average molecular weight is 260 g/mol. The minimum absolute atomic E-state index is 0.280. The number of benzene rings is 1. The van der Waals surface area contributed by atoms with E-state index < -0.39 is 0 Å². The fourth-order valence-corrected chi connectivity index (χ4v) is 2.24. The van der Waals surface area contributed by atoms with Gasteiger partial charge in [-0.15, -0.1) is 0 Å². The van der Waals surface area contributed by atoms with E-state index in [4.69, 9.17) is 14.7 Å². The molecule has 0 radical (unpaired) electrons. The molecule has 0 amide bonds. The minimum Gasteiger partial charge on any atom is -0.491 e. The molecule has 19 heavy (non-hydrogen) atoms. The number of morpholine rings is 1. The van der Waals surface area contributed by atoms with Crippen molar-refractivity contribution in [2.24, 2.45) is 0 Å². The van der Waals surface area contributed by atoms with E-state index in [1.165, 1.54) is 0 Å². The van der Waals surface area contributed by atoms with Crippen LogP contribution >= 0.6 is 0 Å². The monoisotopic (exact) mass is 260 g/mol. The molecule has 1 heterocycles. The standard InChI is InChI=1S/C15H20N2O2/c1-12-11-19-13(2)10-17(12)7-8-18-15-6-4-3-5-14(15)9-16/h3-6,12-13H,7-8,10-11H2,1-2H3. The number of ether oxygens (including phenoxy) is 2. The lowest BCUT2D eigenvalue weighted by atomic mass is 10.2. The fraction of sp³-hybridized carbons (Fsp3) is 0.533. The van der Waals surface area contributed by atoms with Crippen molar-refractivity contribution in [3.8, 4) is 11.8 Å². The summed E-state index contributed by atoms with van der Waals surface area (Å²) >= 11 is 0. The molecule has 0 aromatic heterocycles. The van der Waals surface area contributed by atoms with Crippen LogP contribution < -0.4 is 4.74 Å². The van der Waals surface area contributed by atoms with Crippen LogP contribution in [-0.4, -0.2) is 43.3 Å². The highest BCUT2D eigenvalue weighted by molar-refractivity contribution is 5.42. The molecule has 2 atom stereocenters. The van der Waals surface area contributed by atoms with Crippen LogP contribution in [-0.2, 0) is 4.74 Å². The molecular formula is C15H20N2O2. The van der Waals surface area contributed by atoms with Crippen LogP contribution in [0, 0.1) is 11.3 Å². The van der Waals surface area contributed by atoms with E-state index in [-0.39, 0.29) is 6.10 Å². The first-order valence-corrected chi connectivity index (χ1v) is 6.68. The first kappa shape index (κ1) is 13.9. The molecule has 0 spiro atoms. The van der Waals surface area contributed by atoms with Crippen LogP contribution in [0.2, 0.25) is 0 Å². The highest BCUT2D eigenvalue weighted by Crippen LogP contribution is 2.17. The Morgan fingerprint density at radius 3 is 3.00 bits per heavy atom. The third kappa shape index (κ3) is 3.69. The van der Waals surface area contributed by atoms with Gasteiger partial charge in [-0.3, -0.25) is 4.90 Å². The topological polar surface area (TPSA) is 45.5 Å². The van der Waals surface area contributed by atoms with Crippen molar-refractivity contribution in [3.05, 3.63) is 29.8 Å². The summed E-state index contributed by atoms with van der Waals surface area (Å²) in [6, 6.07) is 9.90. The highest BCUT2D eigenvalue weighted by atomic mass is 16.5. The van der Waals surface area contributed by atoms with Crippen LogP contribution in [0.15, 0.2) is 24.3 Å². The zero-order valence-electron chi connectivity index (χ0n) is 11.5. The molecule has 1 aliphatic rings. The van der Waals surface area contributed by atoms with Crippen molar-refractivity contribution in [1.82, 2.24) is 4.90 Å². The molecule has 2 rings (SSSR count). The molecule has 1 fully saturated rings. The quantitative estimate of drug-likeness (QED) is 0.831. The maximum absolute atomic E-state index is 8.99. The second-order valence-electron chi connectivity index (χ2n) is 4.94. The maximum Gasteiger partial charge on any atom is 0.137 e. The first-order chi connectivity index (χ1) is 9.20. The third-order valence-electron chi connectivity index (χ3n) is 3.38. The van der Waals surface area contributed by atoms with Gasteiger partial charge in [-0.1, -0.05) is 12.1 Å². The smallest absolute Gasteiger partial charge is 0.137 e. The van der Waals surface area contributed by atoms with E-state index in [1.807, 2.05) is 18.2 Å². The second kappa shape index (κ2) is 6.55. The molecule has 102 valence electrons. The predicted octanol–water partition coefficient (Wildman–Crippen LogP) is 2.05. The predicted molar refractivity (Wildman–Crippen MR) is 73.1 cm³/mol. The zero-order valence-corrected chi connectivity index (χ0v) is 11.5. The minimum atomic E-state index is 0.280. The molecule has 2 unspecified atom stereocenters. The Labute approximate surface area is 114 Å². The van der Waals surface area contributed by atoms with Crippen molar-refractivity contribution >= 4 is 0 Å². The SMILES string of the molecule is CC1CN(CCOc2ccccc2C#N)C(C)CO1. The maximum atomic E-state index is 8.99. The summed E-state index contributed by atoms with van der Waals surface area (Å²) in [6.07, 6.45) is 0.280. The molecule has 1 aromatic carbocycles. The number of nitrogens with zero attached hydrogens (tertiary/aromatic N) is 2. The van der Waals surface area contributed by atoms with Gasteiger partial charge in [-0.05, 0) is 26.0 Å². The van der Waals surface area contributed by atoms with E-state index in [0.29, 0.717) is 24.0 Å². The summed E-state index contributed by atoms with van der Waals surface area (Å²) in [6.45, 7) is 7.41. The number of hydrogen-bond acceptors (Lipinski definition) is 4. The Hall–Kier alpha value is -1.57. The van der Waals surface area contributed by atoms with Crippen LogP contribution in [0.25, 0.3) is 0 Å². The van der Waals surface area contributed by atoms with Gasteiger partial charge in [-0.2, -0.15) is 5.26 Å². The van der Waals surface area contributed by atoms with E-state index in [0.717, 1.165) is 19.7 Å². The van der Waals surface area contributed by atoms with Gasteiger partial charge in [0.05, 0.1) is 18.3 Å². The Balaban J connectivity index is 1.84. The van der Waals surface area contributed by atoms with Crippen LogP contribution in [0.5, 0.6) is 5.75 Å². The van der Waals surface area contributed by atoms with Gasteiger partial charge in [0.15, 0.2) is 0 Å². The summed E-state index contributed by atoms with van der Waals surface area (Å²) in [5.74, 6) is 0.666. The van der Waals surface area contributed by atoms with Gasteiger partial charge in [-0.25, -0.2) is 0 Å². The van der Waals surface area contributed by atoms with Gasteiger partial charge >= 0.3 is 0 Å². The summed E-state index contributed by atoms with van der Waals surface area (Å²) in [5.41, 5.74) is 0.589. The molecule has 4 nitrogen and oxygen atoms in total. The van der Waals surface area contributed by atoms with Gasteiger partial charge in [0.1, 0.15) is 18.4 Å². The Morgan fingerprint density at radius 1 is 1.42 bits per heavy atom. The Kier molecular flexibility index (Phi) is 4.78. The highest BCUT2D eigenvalue weighted by Gasteiger charge is 2.22. The van der Waals surface area contributed by atoms with Crippen molar-refractivity contribution in [1.29, 1.82) is 5.26 Å². The molecule has 1 aromatic rings. The molecule has 0 aliphatic carbocycles. The summed E-state index contributed by atoms with van der Waals surface area (Å²) in [7, 11) is 0. The molecule has 0 bridgehead atoms. The Morgan fingerprint density at radius 2 is 2.21 bits per heavy atom.